The number of anilines is 1. The second kappa shape index (κ2) is 6.82. The van der Waals surface area contributed by atoms with E-state index in [1.807, 2.05) is 18.2 Å². The molecule has 1 aliphatic rings. The van der Waals surface area contributed by atoms with Crippen molar-refractivity contribution in [3.63, 3.8) is 0 Å². The molecule has 0 bridgehead atoms. The zero-order chi connectivity index (χ0) is 18.3. The molecular weight excluding hydrogens is 382 g/mol. The highest BCUT2D eigenvalue weighted by molar-refractivity contribution is 7.98. The molecule has 0 unspecified atom stereocenters. The Morgan fingerprint density at radius 3 is 2.48 bits per heavy atom. The first-order chi connectivity index (χ1) is 11.8. The first-order valence-electron chi connectivity index (χ1n) is 7.33. The van der Waals surface area contributed by atoms with Crippen molar-refractivity contribution in [3.05, 3.63) is 33.7 Å². The van der Waals surface area contributed by atoms with Crippen LogP contribution >= 0.6 is 34.7 Å². The standard InChI is InChI=1S/C17H14ClNO4S2/c1-8(20)19(9(2)21)14-12-7-24-13-5-4-10(18)6-11(13)15(12)25-16(14)17(22)23-3/h4-6H,7H2,1-3H3. The number of hydrogen-bond acceptors (Lipinski definition) is 6. The van der Waals surface area contributed by atoms with Gasteiger partial charge in [-0.2, -0.15) is 0 Å². The number of thiophene rings is 1. The fourth-order valence-electron chi connectivity index (χ4n) is 2.77. The van der Waals surface area contributed by atoms with Crippen LogP contribution in [0.5, 0.6) is 0 Å². The minimum atomic E-state index is -0.574. The predicted octanol–water partition coefficient (Wildman–Crippen LogP) is 4.36. The minimum Gasteiger partial charge on any atom is -0.465 e. The summed E-state index contributed by atoms with van der Waals surface area (Å²) in [6, 6.07) is 5.57. The molecule has 0 radical (unpaired) electrons. The van der Waals surface area contributed by atoms with E-state index in [0.717, 1.165) is 25.8 Å². The number of imide groups is 1. The van der Waals surface area contributed by atoms with Gasteiger partial charge in [0.25, 0.3) is 0 Å². The molecule has 0 aliphatic carbocycles. The van der Waals surface area contributed by atoms with Gasteiger partial charge in [-0.1, -0.05) is 11.6 Å². The maximum Gasteiger partial charge on any atom is 0.350 e. The lowest BCUT2D eigenvalue weighted by atomic mass is 10.1. The molecule has 0 saturated carbocycles. The average molecular weight is 396 g/mol. The van der Waals surface area contributed by atoms with E-state index in [1.165, 1.54) is 32.3 Å². The zero-order valence-electron chi connectivity index (χ0n) is 13.7. The Kier molecular flexibility index (Phi) is 4.90. The monoisotopic (exact) mass is 395 g/mol. The van der Waals surface area contributed by atoms with Crippen LogP contribution in [0.4, 0.5) is 5.69 Å². The second-order valence-electron chi connectivity index (χ2n) is 5.38. The van der Waals surface area contributed by atoms with E-state index in [-0.39, 0.29) is 4.88 Å². The first-order valence-corrected chi connectivity index (χ1v) is 9.51. The number of amides is 2. The summed E-state index contributed by atoms with van der Waals surface area (Å²) in [6.07, 6.45) is 0. The smallest absolute Gasteiger partial charge is 0.350 e. The number of hydrogen-bond donors (Lipinski definition) is 0. The molecule has 1 aromatic heterocycles. The molecule has 2 amide bonds. The number of carbonyl (C=O) groups is 3. The lowest BCUT2D eigenvalue weighted by Crippen LogP contribution is -2.34. The third-order valence-electron chi connectivity index (χ3n) is 3.76. The van der Waals surface area contributed by atoms with Gasteiger partial charge in [0, 0.05) is 45.5 Å². The van der Waals surface area contributed by atoms with Crippen molar-refractivity contribution in [2.75, 3.05) is 12.0 Å². The number of fused-ring (bicyclic) bond motifs is 3. The zero-order valence-corrected chi connectivity index (χ0v) is 16.1. The Labute approximate surface area is 157 Å². The van der Waals surface area contributed by atoms with Crippen molar-refractivity contribution in [2.24, 2.45) is 0 Å². The van der Waals surface area contributed by atoms with Crippen molar-refractivity contribution in [2.45, 2.75) is 24.5 Å². The topological polar surface area (TPSA) is 63.7 Å². The molecule has 0 N–H and O–H groups in total. The number of methoxy groups -OCH3 is 1. The van der Waals surface area contributed by atoms with E-state index in [2.05, 4.69) is 0 Å². The third kappa shape index (κ3) is 3.07. The highest BCUT2D eigenvalue weighted by Gasteiger charge is 2.34. The van der Waals surface area contributed by atoms with Crippen LogP contribution in [-0.4, -0.2) is 24.9 Å². The van der Waals surface area contributed by atoms with Gasteiger partial charge in [-0.25, -0.2) is 9.69 Å². The Hall–Kier alpha value is -1.83. The van der Waals surface area contributed by atoms with Crippen LogP contribution in [0.15, 0.2) is 23.1 Å². The van der Waals surface area contributed by atoms with Crippen molar-refractivity contribution in [3.8, 4) is 10.4 Å². The molecule has 5 nitrogen and oxygen atoms in total. The van der Waals surface area contributed by atoms with Crippen LogP contribution in [0.25, 0.3) is 10.4 Å². The maximum absolute atomic E-state index is 12.3. The molecule has 8 heteroatoms. The van der Waals surface area contributed by atoms with E-state index >= 15 is 0 Å². The van der Waals surface area contributed by atoms with Gasteiger partial charge in [-0.3, -0.25) is 9.59 Å². The number of ether oxygens (including phenoxy) is 1. The van der Waals surface area contributed by atoms with Gasteiger partial charge in [0.1, 0.15) is 4.88 Å². The Morgan fingerprint density at radius 2 is 1.88 bits per heavy atom. The highest BCUT2D eigenvalue weighted by atomic mass is 35.5. The summed E-state index contributed by atoms with van der Waals surface area (Å²) >= 11 is 8.92. The molecule has 2 heterocycles. The molecule has 25 heavy (non-hydrogen) atoms. The minimum absolute atomic E-state index is 0.242. The summed E-state index contributed by atoms with van der Waals surface area (Å²) in [5, 5.41) is 0.580. The molecule has 1 aliphatic heterocycles. The summed E-state index contributed by atoms with van der Waals surface area (Å²) in [6.45, 7) is 2.60. The number of halogens is 1. The van der Waals surface area contributed by atoms with E-state index in [1.54, 1.807) is 11.8 Å². The third-order valence-corrected chi connectivity index (χ3v) is 6.33. The number of rotatable bonds is 2. The number of carbonyl (C=O) groups excluding carboxylic acids is 3. The van der Waals surface area contributed by atoms with Crippen molar-refractivity contribution >= 4 is 58.2 Å². The van der Waals surface area contributed by atoms with Gasteiger partial charge in [-0.05, 0) is 18.2 Å². The summed E-state index contributed by atoms with van der Waals surface area (Å²) in [7, 11) is 1.27. The summed E-state index contributed by atoms with van der Waals surface area (Å²) in [5.41, 5.74) is 1.99. The lowest BCUT2D eigenvalue weighted by molar-refractivity contribution is -0.124. The molecule has 1 aromatic carbocycles. The summed E-state index contributed by atoms with van der Waals surface area (Å²) < 4.78 is 4.87. The molecule has 0 atom stereocenters. The van der Waals surface area contributed by atoms with Crippen LogP contribution in [0.2, 0.25) is 5.02 Å². The predicted molar refractivity (Wildman–Crippen MR) is 99.5 cm³/mol. The second-order valence-corrected chi connectivity index (χ2v) is 7.86. The van der Waals surface area contributed by atoms with E-state index in [0.29, 0.717) is 16.5 Å². The molecule has 0 spiro atoms. The van der Waals surface area contributed by atoms with Gasteiger partial charge >= 0.3 is 5.97 Å². The van der Waals surface area contributed by atoms with Gasteiger partial charge in [0.2, 0.25) is 11.8 Å². The summed E-state index contributed by atoms with van der Waals surface area (Å²) in [5.74, 6) is -0.917. The maximum atomic E-state index is 12.3. The number of esters is 1. The first kappa shape index (κ1) is 18.0. The lowest BCUT2D eigenvalue weighted by Gasteiger charge is -2.22. The van der Waals surface area contributed by atoms with Crippen molar-refractivity contribution in [1.29, 1.82) is 0 Å². The molecule has 130 valence electrons. The van der Waals surface area contributed by atoms with Crippen LogP contribution in [-0.2, 0) is 20.1 Å². The SMILES string of the molecule is COC(=O)c1sc2c(c1N(C(C)=O)C(C)=O)CSc1ccc(Cl)cc1-2. The van der Waals surface area contributed by atoms with E-state index in [4.69, 9.17) is 16.3 Å². The Bertz CT molecular complexity index is 892. The van der Waals surface area contributed by atoms with Crippen LogP contribution in [0, 0.1) is 0 Å². The van der Waals surface area contributed by atoms with Crippen molar-refractivity contribution in [1.82, 2.24) is 0 Å². The molecule has 3 rings (SSSR count). The van der Waals surface area contributed by atoms with Crippen LogP contribution in [0.1, 0.15) is 29.1 Å². The van der Waals surface area contributed by atoms with Crippen LogP contribution in [0.3, 0.4) is 0 Å². The quantitative estimate of drug-likeness (QED) is 0.707. The number of benzene rings is 1. The Morgan fingerprint density at radius 1 is 1.20 bits per heavy atom. The fraction of sp³-hybridized carbons (Fsp3) is 0.235. The van der Waals surface area contributed by atoms with E-state index in [9.17, 15) is 14.4 Å². The average Bonchev–Trinajstić information content (AvgIpc) is 2.93. The van der Waals surface area contributed by atoms with Crippen molar-refractivity contribution < 1.29 is 19.1 Å². The number of nitrogens with zero attached hydrogens (tertiary/aromatic N) is 1. The molecule has 0 saturated heterocycles. The normalized spacial score (nSPS) is 12.2. The Balaban J connectivity index is 2.31. The largest absolute Gasteiger partial charge is 0.465 e. The fourth-order valence-corrected chi connectivity index (χ4v) is 5.41. The molecule has 0 fully saturated rings. The number of thioether (sulfide) groups is 1. The molecule has 2 aromatic rings. The van der Waals surface area contributed by atoms with Gasteiger partial charge in [0.05, 0.1) is 12.8 Å². The van der Waals surface area contributed by atoms with E-state index < -0.39 is 17.8 Å². The van der Waals surface area contributed by atoms with Gasteiger partial charge < -0.3 is 4.74 Å². The van der Waals surface area contributed by atoms with Gasteiger partial charge in [0.15, 0.2) is 0 Å². The highest BCUT2D eigenvalue weighted by Crippen LogP contribution is 2.51. The molecular formula is C17H14ClNO4S2. The summed E-state index contributed by atoms with van der Waals surface area (Å²) in [4.78, 5) is 39.6. The van der Waals surface area contributed by atoms with Crippen LogP contribution < -0.4 is 4.90 Å². The van der Waals surface area contributed by atoms with Gasteiger partial charge in [-0.15, -0.1) is 23.1 Å².